The fraction of sp³-hybridized carbons (Fsp3) is 0.176. The van der Waals surface area contributed by atoms with E-state index >= 15 is 0 Å². The molecule has 0 aliphatic heterocycles. The van der Waals surface area contributed by atoms with Crippen molar-refractivity contribution in [3.05, 3.63) is 59.7 Å². The highest BCUT2D eigenvalue weighted by molar-refractivity contribution is 7.09. The van der Waals surface area contributed by atoms with Crippen LogP contribution in [0.15, 0.2) is 48.5 Å². The lowest BCUT2D eigenvalue weighted by Gasteiger charge is -2.12. The summed E-state index contributed by atoms with van der Waals surface area (Å²) < 4.78 is 4.41. The molecule has 0 fully saturated rings. The van der Waals surface area contributed by atoms with Crippen molar-refractivity contribution in [2.24, 2.45) is 0 Å². The molecule has 0 aliphatic carbocycles. The van der Waals surface area contributed by atoms with Gasteiger partial charge in [-0.2, -0.15) is 9.36 Å². The molecule has 2 N–H and O–H groups in total. The van der Waals surface area contributed by atoms with Crippen LogP contribution in [0.4, 0.5) is 5.13 Å². The van der Waals surface area contributed by atoms with Gasteiger partial charge in [-0.3, -0.25) is 0 Å². The quantitative estimate of drug-likeness (QED) is 0.750. The number of rotatable bonds is 4. The van der Waals surface area contributed by atoms with Crippen LogP contribution in [0.25, 0.3) is 11.4 Å². The second-order valence-corrected chi connectivity index (χ2v) is 6.01. The highest BCUT2D eigenvalue weighted by Crippen LogP contribution is 2.26. The predicted octanol–water partition coefficient (Wildman–Crippen LogP) is 4.39. The lowest BCUT2D eigenvalue weighted by molar-refractivity contribution is 0.474. The lowest BCUT2D eigenvalue weighted by atomic mass is 10.1. The number of nitrogens with zero attached hydrogens (tertiary/aromatic N) is 2. The van der Waals surface area contributed by atoms with Crippen LogP contribution in [0.2, 0.25) is 0 Å². The van der Waals surface area contributed by atoms with E-state index in [0.29, 0.717) is 0 Å². The van der Waals surface area contributed by atoms with Crippen LogP contribution in [-0.2, 0) is 0 Å². The first-order valence-electron chi connectivity index (χ1n) is 7.08. The van der Waals surface area contributed by atoms with Crippen molar-refractivity contribution in [1.82, 2.24) is 9.36 Å². The van der Waals surface area contributed by atoms with Gasteiger partial charge in [0.2, 0.25) is 5.13 Å². The molecule has 1 unspecified atom stereocenters. The van der Waals surface area contributed by atoms with Crippen LogP contribution in [0.1, 0.15) is 24.1 Å². The normalized spacial score (nSPS) is 12.1. The lowest BCUT2D eigenvalue weighted by Crippen LogP contribution is -2.06. The van der Waals surface area contributed by atoms with Crippen LogP contribution < -0.4 is 5.32 Å². The van der Waals surface area contributed by atoms with Crippen molar-refractivity contribution in [3.8, 4) is 17.1 Å². The van der Waals surface area contributed by atoms with Gasteiger partial charge in [-0.15, -0.1) is 0 Å². The second-order valence-electron chi connectivity index (χ2n) is 5.25. The maximum atomic E-state index is 9.55. The highest BCUT2D eigenvalue weighted by Gasteiger charge is 2.11. The number of aryl methyl sites for hydroxylation is 1. The van der Waals surface area contributed by atoms with Crippen LogP contribution in [-0.4, -0.2) is 14.5 Å². The van der Waals surface area contributed by atoms with Crippen LogP contribution in [0.5, 0.6) is 5.75 Å². The molecule has 0 bridgehead atoms. The maximum absolute atomic E-state index is 9.55. The summed E-state index contributed by atoms with van der Waals surface area (Å²) in [4.78, 5) is 4.54. The molecule has 0 saturated carbocycles. The monoisotopic (exact) mass is 311 g/mol. The van der Waals surface area contributed by atoms with E-state index in [9.17, 15) is 5.11 Å². The molecule has 0 aliphatic rings. The van der Waals surface area contributed by atoms with Crippen molar-refractivity contribution >= 4 is 16.7 Å². The van der Waals surface area contributed by atoms with E-state index in [1.54, 1.807) is 12.1 Å². The van der Waals surface area contributed by atoms with E-state index in [1.165, 1.54) is 17.1 Å². The standard InChI is InChI=1S/C17H17N3OS/c1-11-5-3-7-14(9-11)16-19-17(22-20-16)18-12(2)13-6-4-8-15(21)10-13/h3-10,12,21H,1-2H3,(H,18,19,20). The van der Waals surface area contributed by atoms with Gasteiger partial charge in [0.1, 0.15) is 5.75 Å². The number of aromatic hydroxyl groups is 1. The summed E-state index contributed by atoms with van der Waals surface area (Å²) in [5.74, 6) is 1.00. The Hall–Kier alpha value is -2.40. The number of phenols is 1. The Morgan fingerprint density at radius 2 is 1.95 bits per heavy atom. The molecule has 5 heteroatoms. The molecule has 4 nitrogen and oxygen atoms in total. The molecule has 0 radical (unpaired) electrons. The fourth-order valence-corrected chi connectivity index (χ4v) is 2.92. The maximum Gasteiger partial charge on any atom is 0.203 e. The number of hydrogen-bond acceptors (Lipinski definition) is 5. The van der Waals surface area contributed by atoms with Crippen molar-refractivity contribution in [3.63, 3.8) is 0 Å². The molecule has 3 aromatic rings. The van der Waals surface area contributed by atoms with Gasteiger partial charge in [0, 0.05) is 17.1 Å². The Labute approximate surface area is 133 Å². The number of anilines is 1. The molecule has 1 atom stereocenters. The second kappa shape index (κ2) is 6.15. The van der Waals surface area contributed by atoms with E-state index in [2.05, 4.69) is 33.7 Å². The van der Waals surface area contributed by atoms with E-state index in [1.807, 2.05) is 31.2 Å². The molecule has 0 spiro atoms. The zero-order valence-electron chi connectivity index (χ0n) is 12.4. The zero-order valence-corrected chi connectivity index (χ0v) is 13.3. The van der Waals surface area contributed by atoms with E-state index in [-0.39, 0.29) is 11.8 Å². The Morgan fingerprint density at radius 3 is 2.73 bits per heavy atom. The first-order chi connectivity index (χ1) is 10.6. The zero-order chi connectivity index (χ0) is 15.5. The number of phenolic OH excluding ortho intramolecular Hbond substituents is 1. The predicted molar refractivity (Wildman–Crippen MR) is 90.2 cm³/mol. The van der Waals surface area contributed by atoms with Gasteiger partial charge in [-0.25, -0.2) is 0 Å². The number of benzene rings is 2. The van der Waals surface area contributed by atoms with Crippen molar-refractivity contribution < 1.29 is 5.11 Å². The Morgan fingerprint density at radius 1 is 1.14 bits per heavy atom. The van der Waals surface area contributed by atoms with Crippen LogP contribution in [0.3, 0.4) is 0 Å². The minimum Gasteiger partial charge on any atom is -0.508 e. The average molecular weight is 311 g/mol. The summed E-state index contributed by atoms with van der Waals surface area (Å²) in [6.45, 7) is 4.08. The minimum atomic E-state index is 0.0467. The molecule has 22 heavy (non-hydrogen) atoms. The third kappa shape index (κ3) is 3.26. The fourth-order valence-electron chi connectivity index (χ4n) is 2.25. The highest BCUT2D eigenvalue weighted by atomic mass is 32.1. The molecule has 0 amide bonds. The van der Waals surface area contributed by atoms with Gasteiger partial charge in [0.15, 0.2) is 5.82 Å². The first kappa shape index (κ1) is 14.5. The van der Waals surface area contributed by atoms with E-state index in [0.717, 1.165) is 22.1 Å². The summed E-state index contributed by atoms with van der Waals surface area (Å²) >= 11 is 1.34. The number of aromatic nitrogens is 2. The largest absolute Gasteiger partial charge is 0.508 e. The summed E-state index contributed by atoms with van der Waals surface area (Å²) in [5.41, 5.74) is 3.22. The molecule has 1 aromatic heterocycles. The third-order valence-corrected chi connectivity index (χ3v) is 4.06. The Kier molecular flexibility index (Phi) is 4.06. The molecule has 3 rings (SSSR count). The van der Waals surface area contributed by atoms with Gasteiger partial charge >= 0.3 is 0 Å². The molecule has 1 heterocycles. The van der Waals surface area contributed by atoms with Gasteiger partial charge < -0.3 is 10.4 Å². The Bertz CT molecular complexity index is 785. The average Bonchev–Trinajstić information content (AvgIpc) is 2.96. The van der Waals surface area contributed by atoms with Crippen molar-refractivity contribution in [2.45, 2.75) is 19.9 Å². The molecular weight excluding hydrogens is 294 g/mol. The van der Waals surface area contributed by atoms with Crippen molar-refractivity contribution in [1.29, 1.82) is 0 Å². The van der Waals surface area contributed by atoms with Crippen LogP contribution in [0, 0.1) is 6.92 Å². The van der Waals surface area contributed by atoms with Gasteiger partial charge in [-0.1, -0.05) is 35.9 Å². The van der Waals surface area contributed by atoms with E-state index < -0.39 is 0 Å². The molecule has 112 valence electrons. The van der Waals surface area contributed by atoms with Gasteiger partial charge in [0.25, 0.3) is 0 Å². The molecular formula is C17H17N3OS. The van der Waals surface area contributed by atoms with Crippen LogP contribution >= 0.6 is 11.5 Å². The summed E-state index contributed by atoms with van der Waals surface area (Å²) in [7, 11) is 0. The summed E-state index contributed by atoms with van der Waals surface area (Å²) in [5, 5.41) is 13.6. The van der Waals surface area contributed by atoms with Crippen molar-refractivity contribution in [2.75, 3.05) is 5.32 Å². The molecule has 2 aromatic carbocycles. The first-order valence-corrected chi connectivity index (χ1v) is 7.85. The Balaban J connectivity index is 1.77. The summed E-state index contributed by atoms with van der Waals surface area (Å²) in [6, 6.07) is 15.4. The minimum absolute atomic E-state index is 0.0467. The van der Waals surface area contributed by atoms with Gasteiger partial charge in [-0.05, 0) is 37.6 Å². The molecule has 0 saturated heterocycles. The third-order valence-electron chi connectivity index (χ3n) is 3.41. The SMILES string of the molecule is Cc1cccc(-c2nsc(NC(C)c3cccc(O)c3)n2)c1. The number of hydrogen-bond donors (Lipinski definition) is 2. The van der Waals surface area contributed by atoms with Gasteiger partial charge in [0.05, 0.1) is 6.04 Å². The topological polar surface area (TPSA) is 58.0 Å². The van der Waals surface area contributed by atoms with E-state index in [4.69, 9.17) is 0 Å². The smallest absolute Gasteiger partial charge is 0.203 e. The summed E-state index contributed by atoms with van der Waals surface area (Å²) in [6.07, 6.45) is 0. The number of nitrogens with one attached hydrogen (secondary N) is 1.